The Bertz CT molecular complexity index is 537. The highest BCUT2D eigenvalue weighted by molar-refractivity contribution is 9.10. The van der Waals surface area contributed by atoms with E-state index in [4.69, 9.17) is 0 Å². The normalized spacial score (nSPS) is 16.3. The lowest BCUT2D eigenvalue weighted by Gasteiger charge is -2.16. The Hall–Kier alpha value is 0.190. The Morgan fingerprint density at radius 3 is 3.00 bits per heavy atom. The maximum atomic E-state index is 3.68. The average Bonchev–Trinajstić information content (AvgIpc) is 3.02. The number of thioether (sulfide) groups is 1. The Labute approximate surface area is 134 Å². The smallest absolute Gasteiger partial charge is 0.0690 e. The molecule has 0 saturated carbocycles. The summed E-state index contributed by atoms with van der Waals surface area (Å²) in [7, 11) is 0. The fourth-order valence-corrected chi connectivity index (χ4v) is 6.40. The molecule has 1 atom stereocenters. The summed E-state index contributed by atoms with van der Waals surface area (Å²) < 4.78 is 1.23. The third-order valence-corrected chi connectivity index (χ3v) is 7.35. The van der Waals surface area contributed by atoms with Gasteiger partial charge in [0.15, 0.2) is 0 Å². The summed E-state index contributed by atoms with van der Waals surface area (Å²) in [6, 6.07) is 2.76. The fourth-order valence-electron chi connectivity index (χ4n) is 2.38. The van der Waals surface area contributed by atoms with Gasteiger partial charge in [0, 0.05) is 25.4 Å². The highest BCUT2D eigenvalue weighted by Crippen LogP contribution is 2.39. The second kappa shape index (κ2) is 6.31. The van der Waals surface area contributed by atoms with Crippen molar-refractivity contribution in [1.82, 2.24) is 5.32 Å². The van der Waals surface area contributed by atoms with Crippen LogP contribution in [-0.2, 0) is 12.2 Å². The molecule has 1 unspecified atom stereocenters. The zero-order chi connectivity index (χ0) is 13.2. The molecule has 0 aliphatic carbocycles. The van der Waals surface area contributed by atoms with Crippen molar-refractivity contribution < 1.29 is 0 Å². The molecule has 2 aromatic heterocycles. The van der Waals surface area contributed by atoms with Crippen LogP contribution < -0.4 is 5.32 Å². The molecule has 1 nitrogen and oxygen atoms in total. The van der Waals surface area contributed by atoms with Crippen molar-refractivity contribution in [3.05, 3.63) is 42.2 Å². The van der Waals surface area contributed by atoms with Gasteiger partial charge < -0.3 is 5.32 Å². The number of thiophene rings is 2. The van der Waals surface area contributed by atoms with Crippen molar-refractivity contribution in [2.24, 2.45) is 0 Å². The number of halogens is 1. The van der Waals surface area contributed by atoms with Crippen LogP contribution in [0.1, 0.15) is 33.8 Å². The van der Waals surface area contributed by atoms with E-state index in [1.807, 2.05) is 11.3 Å². The van der Waals surface area contributed by atoms with E-state index in [2.05, 4.69) is 56.8 Å². The minimum atomic E-state index is 0.339. The first-order chi connectivity index (χ1) is 9.29. The van der Waals surface area contributed by atoms with Crippen molar-refractivity contribution in [2.75, 3.05) is 12.3 Å². The molecule has 1 N–H and O–H groups in total. The van der Waals surface area contributed by atoms with Crippen LogP contribution in [-0.4, -0.2) is 12.3 Å². The fraction of sp³-hybridized carbons (Fsp3) is 0.429. The number of nitrogens with one attached hydrogen (secondary N) is 1. The molecule has 0 amide bonds. The molecule has 0 bridgehead atoms. The van der Waals surface area contributed by atoms with Gasteiger partial charge in [-0.25, -0.2) is 0 Å². The minimum Gasteiger partial charge on any atom is -0.306 e. The summed E-state index contributed by atoms with van der Waals surface area (Å²) >= 11 is 9.49. The van der Waals surface area contributed by atoms with E-state index >= 15 is 0 Å². The lowest BCUT2D eigenvalue weighted by molar-refractivity contribution is 0.639. The Kier molecular flexibility index (Phi) is 4.70. The van der Waals surface area contributed by atoms with Crippen LogP contribution in [0.25, 0.3) is 0 Å². The van der Waals surface area contributed by atoms with Crippen LogP contribution in [0.2, 0.25) is 0 Å². The number of rotatable bonds is 4. The number of hydrogen-bond acceptors (Lipinski definition) is 4. The van der Waals surface area contributed by atoms with Gasteiger partial charge in [-0.15, -0.1) is 11.3 Å². The second-order valence-electron chi connectivity index (χ2n) is 4.57. The van der Waals surface area contributed by atoms with Crippen LogP contribution in [0.3, 0.4) is 0 Å². The van der Waals surface area contributed by atoms with E-state index in [-0.39, 0.29) is 0 Å². The van der Waals surface area contributed by atoms with Crippen molar-refractivity contribution in [3.8, 4) is 0 Å². The quantitative estimate of drug-likeness (QED) is 0.803. The van der Waals surface area contributed by atoms with Gasteiger partial charge in [0.05, 0.1) is 6.04 Å². The molecule has 2 aromatic rings. The van der Waals surface area contributed by atoms with Gasteiger partial charge in [0.25, 0.3) is 0 Å². The Balaban J connectivity index is 1.96. The maximum absolute atomic E-state index is 3.68. The van der Waals surface area contributed by atoms with Crippen molar-refractivity contribution in [3.63, 3.8) is 0 Å². The van der Waals surface area contributed by atoms with Crippen molar-refractivity contribution >= 4 is 50.4 Å². The van der Waals surface area contributed by atoms with E-state index in [1.165, 1.54) is 32.8 Å². The largest absolute Gasteiger partial charge is 0.306 e. The molecular weight excluding hydrogens is 358 g/mol. The summed E-state index contributed by atoms with van der Waals surface area (Å²) in [5, 5.41) is 8.06. The predicted octanol–water partition coefficient (Wildman–Crippen LogP) is 5.06. The molecule has 0 aromatic carbocycles. The SMILES string of the molecule is CCNC(c1cc2c(s1)CCSC2)c1cscc1Br. The van der Waals surface area contributed by atoms with Gasteiger partial charge in [-0.3, -0.25) is 0 Å². The molecule has 3 heterocycles. The van der Waals surface area contributed by atoms with Gasteiger partial charge >= 0.3 is 0 Å². The van der Waals surface area contributed by atoms with E-state index in [1.54, 1.807) is 21.8 Å². The summed E-state index contributed by atoms with van der Waals surface area (Å²) in [6.07, 6.45) is 1.24. The molecule has 5 heteroatoms. The van der Waals surface area contributed by atoms with Crippen LogP contribution in [0.4, 0.5) is 0 Å². The monoisotopic (exact) mass is 373 g/mol. The minimum absolute atomic E-state index is 0.339. The zero-order valence-electron chi connectivity index (χ0n) is 10.7. The molecule has 0 radical (unpaired) electrons. The van der Waals surface area contributed by atoms with Crippen LogP contribution in [0.15, 0.2) is 21.3 Å². The predicted molar refractivity (Wildman–Crippen MR) is 91.7 cm³/mol. The number of fused-ring (bicyclic) bond motifs is 1. The first kappa shape index (κ1) is 14.1. The lowest BCUT2D eigenvalue weighted by atomic mass is 10.1. The molecule has 0 saturated heterocycles. The summed E-state index contributed by atoms with van der Waals surface area (Å²) in [5.41, 5.74) is 2.93. The first-order valence-corrected chi connectivity index (χ1v) is 10.1. The Morgan fingerprint density at radius 2 is 2.32 bits per heavy atom. The molecule has 1 aliphatic heterocycles. The van der Waals surface area contributed by atoms with Gasteiger partial charge in [-0.05, 0) is 57.2 Å². The standard InChI is InChI=1S/C14H16BrNS3/c1-2-16-14(10-7-18-8-11(10)15)13-5-9-6-17-4-3-12(9)19-13/h5,7-8,14,16H,2-4,6H2,1H3. The summed E-state index contributed by atoms with van der Waals surface area (Å²) in [4.78, 5) is 3.07. The van der Waals surface area contributed by atoms with E-state index in [0.717, 1.165) is 6.54 Å². The van der Waals surface area contributed by atoms with E-state index in [9.17, 15) is 0 Å². The highest BCUT2D eigenvalue weighted by Gasteiger charge is 2.22. The van der Waals surface area contributed by atoms with E-state index < -0.39 is 0 Å². The first-order valence-electron chi connectivity index (χ1n) is 6.43. The van der Waals surface area contributed by atoms with Gasteiger partial charge in [-0.1, -0.05) is 6.92 Å². The molecule has 102 valence electrons. The molecule has 1 aliphatic rings. The molecular formula is C14H16BrNS3. The van der Waals surface area contributed by atoms with Crippen LogP contribution in [0.5, 0.6) is 0 Å². The zero-order valence-corrected chi connectivity index (χ0v) is 14.8. The van der Waals surface area contributed by atoms with Crippen molar-refractivity contribution in [1.29, 1.82) is 0 Å². The third kappa shape index (κ3) is 2.95. The Morgan fingerprint density at radius 1 is 1.42 bits per heavy atom. The maximum Gasteiger partial charge on any atom is 0.0690 e. The van der Waals surface area contributed by atoms with E-state index in [0.29, 0.717) is 6.04 Å². The highest BCUT2D eigenvalue weighted by atomic mass is 79.9. The number of hydrogen-bond donors (Lipinski definition) is 1. The molecule has 0 fully saturated rings. The van der Waals surface area contributed by atoms with Crippen molar-refractivity contribution in [2.45, 2.75) is 25.1 Å². The van der Waals surface area contributed by atoms with Gasteiger partial charge in [0.1, 0.15) is 0 Å². The lowest BCUT2D eigenvalue weighted by Crippen LogP contribution is -2.20. The summed E-state index contributed by atoms with van der Waals surface area (Å²) in [5.74, 6) is 2.47. The average molecular weight is 374 g/mol. The van der Waals surface area contributed by atoms with Crippen LogP contribution in [0, 0.1) is 0 Å². The van der Waals surface area contributed by atoms with Gasteiger partial charge in [-0.2, -0.15) is 23.1 Å². The summed E-state index contributed by atoms with van der Waals surface area (Å²) in [6.45, 7) is 3.17. The number of aryl methyl sites for hydroxylation is 1. The molecule has 19 heavy (non-hydrogen) atoms. The topological polar surface area (TPSA) is 12.0 Å². The molecule has 3 rings (SSSR count). The van der Waals surface area contributed by atoms with Gasteiger partial charge in [0.2, 0.25) is 0 Å². The molecule has 0 spiro atoms. The van der Waals surface area contributed by atoms with Crippen LogP contribution >= 0.6 is 50.4 Å². The third-order valence-electron chi connectivity index (χ3n) is 3.29. The second-order valence-corrected chi connectivity index (χ2v) is 8.44.